The lowest BCUT2D eigenvalue weighted by molar-refractivity contribution is -0.140. The summed E-state index contributed by atoms with van der Waals surface area (Å²) in [6.07, 6.45) is 0. The topological polar surface area (TPSA) is 72.9 Å². The van der Waals surface area contributed by atoms with E-state index in [2.05, 4.69) is 24.1 Å². The van der Waals surface area contributed by atoms with Crippen LogP contribution in [-0.4, -0.2) is 65.9 Å². The molecule has 2 saturated heterocycles. The third-order valence-corrected chi connectivity index (χ3v) is 6.37. The minimum absolute atomic E-state index is 0.119. The van der Waals surface area contributed by atoms with Crippen LogP contribution in [0.25, 0.3) is 5.76 Å². The SMILES string of the molecule is CC(C)c1ccc(C2/C(=C(\O)c3ccccc3)C(=O)C(=O)N2CCN2CCNCC2)cc1. The average molecular weight is 434 g/mol. The van der Waals surface area contributed by atoms with Gasteiger partial charge < -0.3 is 15.3 Å². The maximum absolute atomic E-state index is 13.1. The molecule has 2 N–H and O–H groups in total. The van der Waals surface area contributed by atoms with Crippen molar-refractivity contribution in [2.75, 3.05) is 39.3 Å². The first-order valence-corrected chi connectivity index (χ1v) is 11.3. The molecule has 0 radical (unpaired) electrons. The van der Waals surface area contributed by atoms with Gasteiger partial charge in [0.15, 0.2) is 0 Å². The van der Waals surface area contributed by atoms with E-state index in [0.29, 0.717) is 24.6 Å². The predicted octanol–water partition coefficient (Wildman–Crippen LogP) is 3.14. The molecule has 0 bridgehead atoms. The Morgan fingerprint density at radius 3 is 2.28 bits per heavy atom. The number of nitrogens with zero attached hydrogens (tertiary/aromatic N) is 2. The number of likely N-dealkylation sites (tertiary alicyclic amines) is 1. The van der Waals surface area contributed by atoms with Crippen molar-refractivity contribution in [2.24, 2.45) is 0 Å². The molecule has 2 fully saturated rings. The Morgan fingerprint density at radius 2 is 1.66 bits per heavy atom. The number of aliphatic hydroxyl groups is 1. The molecule has 2 aromatic rings. The zero-order valence-corrected chi connectivity index (χ0v) is 18.8. The van der Waals surface area contributed by atoms with E-state index in [9.17, 15) is 14.7 Å². The number of hydrogen-bond acceptors (Lipinski definition) is 5. The van der Waals surface area contributed by atoms with Crippen molar-refractivity contribution in [3.63, 3.8) is 0 Å². The molecule has 1 amide bonds. The lowest BCUT2D eigenvalue weighted by atomic mass is 9.93. The molecule has 0 aliphatic carbocycles. The number of hydrogen-bond donors (Lipinski definition) is 2. The summed E-state index contributed by atoms with van der Waals surface area (Å²) in [5.41, 5.74) is 2.73. The van der Waals surface area contributed by atoms with Gasteiger partial charge in [-0.05, 0) is 17.0 Å². The Kier molecular flexibility index (Phi) is 6.72. The lowest BCUT2D eigenvalue weighted by Crippen LogP contribution is -2.46. The van der Waals surface area contributed by atoms with Crippen LogP contribution in [0.1, 0.15) is 42.5 Å². The highest BCUT2D eigenvalue weighted by Crippen LogP contribution is 2.39. The fourth-order valence-electron chi connectivity index (χ4n) is 4.46. The molecule has 6 nitrogen and oxygen atoms in total. The van der Waals surface area contributed by atoms with E-state index in [4.69, 9.17) is 0 Å². The van der Waals surface area contributed by atoms with Gasteiger partial charge in [0.25, 0.3) is 11.7 Å². The molecule has 1 atom stereocenters. The van der Waals surface area contributed by atoms with Crippen molar-refractivity contribution in [1.82, 2.24) is 15.1 Å². The summed E-state index contributed by atoms with van der Waals surface area (Å²) in [7, 11) is 0. The van der Waals surface area contributed by atoms with Gasteiger partial charge in [-0.3, -0.25) is 14.5 Å². The monoisotopic (exact) mass is 433 g/mol. The molecular formula is C26H31N3O3. The minimum atomic E-state index is -0.621. The summed E-state index contributed by atoms with van der Waals surface area (Å²) in [5, 5.41) is 14.4. The molecule has 4 rings (SSSR count). The fraction of sp³-hybridized carbons (Fsp3) is 0.385. The van der Waals surface area contributed by atoms with Gasteiger partial charge in [0, 0.05) is 44.8 Å². The maximum atomic E-state index is 13.1. The van der Waals surface area contributed by atoms with Gasteiger partial charge >= 0.3 is 0 Å². The van der Waals surface area contributed by atoms with Crippen molar-refractivity contribution in [2.45, 2.75) is 25.8 Å². The second-order valence-corrected chi connectivity index (χ2v) is 8.77. The van der Waals surface area contributed by atoms with Crippen molar-refractivity contribution in [3.05, 3.63) is 76.9 Å². The van der Waals surface area contributed by atoms with E-state index in [0.717, 1.165) is 31.7 Å². The summed E-state index contributed by atoms with van der Waals surface area (Å²) in [4.78, 5) is 30.1. The number of piperazine rings is 1. The maximum Gasteiger partial charge on any atom is 0.295 e. The number of ketones is 1. The first-order valence-electron chi connectivity index (χ1n) is 11.3. The summed E-state index contributed by atoms with van der Waals surface area (Å²) >= 11 is 0. The Hall–Kier alpha value is -2.96. The zero-order valence-electron chi connectivity index (χ0n) is 18.8. The zero-order chi connectivity index (χ0) is 22.7. The number of carbonyl (C=O) groups is 2. The van der Waals surface area contributed by atoms with Crippen LogP contribution in [0.5, 0.6) is 0 Å². The highest BCUT2D eigenvalue weighted by molar-refractivity contribution is 6.46. The number of carbonyl (C=O) groups excluding carboxylic acids is 2. The highest BCUT2D eigenvalue weighted by atomic mass is 16.3. The van der Waals surface area contributed by atoms with Crippen LogP contribution in [0.4, 0.5) is 0 Å². The van der Waals surface area contributed by atoms with Gasteiger partial charge in [0.05, 0.1) is 11.6 Å². The molecule has 2 heterocycles. The van der Waals surface area contributed by atoms with Gasteiger partial charge in [-0.25, -0.2) is 0 Å². The molecule has 1 unspecified atom stereocenters. The van der Waals surface area contributed by atoms with Gasteiger partial charge in [-0.15, -0.1) is 0 Å². The third-order valence-electron chi connectivity index (χ3n) is 6.37. The molecule has 2 aromatic carbocycles. The van der Waals surface area contributed by atoms with E-state index in [1.807, 2.05) is 42.5 Å². The number of aliphatic hydroxyl groups excluding tert-OH is 1. The van der Waals surface area contributed by atoms with E-state index >= 15 is 0 Å². The molecule has 6 heteroatoms. The van der Waals surface area contributed by atoms with Crippen molar-refractivity contribution >= 4 is 17.4 Å². The quantitative estimate of drug-likeness (QED) is 0.416. The van der Waals surface area contributed by atoms with Gasteiger partial charge in [-0.1, -0.05) is 68.4 Å². The van der Waals surface area contributed by atoms with Crippen molar-refractivity contribution in [1.29, 1.82) is 0 Å². The molecule has 0 aromatic heterocycles. The summed E-state index contributed by atoms with van der Waals surface area (Å²) in [6.45, 7) is 9.07. The lowest BCUT2D eigenvalue weighted by Gasteiger charge is -2.31. The molecule has 2 aliphatic heterocycles. The third kappa shape index (κ3) is 4.47. The normalized spacial score (nSPS) is 21.5. The van der Waals surface area contributed by atoms with Gasteiger partial charge in [-0.2, -0.15) is 0 Å². The minimum Gasteiger partial charge on any atom is -0.507 e. The van der Waals surface area contributed by atoms with Crippen LogP contribution < -0.4 is 5.32 Å². The summed E-state index contributed by atoms with van der Waals surface area (Å²) < 4.78 is 0. The smallest absolute Gasteiger partial charge is 0.295 e. The van der Waals surface area contributed by atoms with E-state index in [1.54, 1.807) is 17.0 Å². The Labute approximate surface area is 189 Å². The predicted molar refractivity (Wildman–Crippen MR) is 125 cm³/mol. The van der Waals surface area contributed by atoms with Crippen molar-refractivity contribution < 1.29 is 14.7 Å². The van der Waals surface area contributed by atoms with E-state index in [1.165, 1.54) is 5.56 Å². The molecule has 0 saturated carbocycles. The number of Topliss-reactive ketones (excluding diaryl/α,β-unsaturated/α-hetero) is 1. The second kappa shape index (κ2) is 9.67. The molecule has 0 spiro atoms. The van der Waals surface area contributed by atoms with E-state index < -0.39 is 17.7 Å². The van der Waals surface area contributed by atoms with Crippen molar-refractivity contribution in [3.8, 4) is 0 Å². The van der Waals surface area contributed by atoms with Crippen LogP contribution in [0, 0.1) is 0 Å². The summed E-state index contributed by atoms with van der Waals surface area (Å²) in [6, 6.07) is 16.4. The first-order chi connectivity index (χ1) is 15.5. The second-order valence-electron chi connectivity index (χ2n) is 8.77. The van der Waals surface area contributed by atoms with E-state index in [-0.39, 0.29) is 11.3 Å². The first kappa shape index (κ1) is 22.2. The molecular weight excluding hydrogens is 402 g/mol. The number of nitrogens with one attached hydrogen (secondary N) is 1. The van der Waals surface area contributed by atoms with Crippen LogP contribution in [0.3, 0.4) is 0 Å². The fourth-order valence-corrected chi connectivity index (χ4v) is 4.46. The highest BCUT2D eigenvalue weighted by Gasteiger charge is 2.46. The van der Waals surface area contributed by atoms with Crippen LogP contribution in [0.2, 0.25) is 0 Å². The Balaban J connectivity index is 1.72. The Morgan fingerprint density at radius 1 is 1.00 bits per heavy atom. The van der Waals surface area contributed by atoms with Gasteiger partial charge in [0.2, 0.25) is 0 Å². The van der Waals surface area contributed by atoms with Crippen LogP contribution in [-0.2, 0) is 9.59 Å². The van der Waals surface area contributed by atoms with Crippen LogP contribution in [0.15, 0.2) is 60.2 Å². The van der Waals surface area contributed by atoms with Crippen LogP contribution >= 0.6 is 0 Å². The largest absolute Gasteiger partial charge is 0.507 e. The average Bonchev–Trinajstić information content (AvgIpc) is 3.08. The van der Waals surface area contributed by atoms with Gasteiger partial charge in [0.1, 0.15) is 5.76 Å². The number of rotatable bonds is 6. The number of benzene rings is 2. The molecule has 2 aliphatic rings. The number of amides is 1. The molecule has 32 heavy (non-hydrogen) atoms. The molecule has 168 valence electrons. The standard InChI is InChI=1S/C26H31N3O3/c1-18(2)19-8-10-20(11-9-19)23-22(24(30)21-6-4-3-5-7-21)25(31)26(32)29(23)17-16-28-14-12-27-13-15-28/h3-11,18,23,27,30H,12-17H2,1-2H3/b24-22+. The Bertz CT molecular complexity index is 993. The summed E-state index contributed by atoms with van der Waals surface area (Å²) in [5.74, 6) is -0.904.